The molecule has 1 nitrogen and oxygen atoms in total. The number of hydrogen-bond acceptors (Lipinski definition) is 1. The second-order valence-corrected chi connectivity index (χ2v) is 23.1. The number of nitrogen functional groups attached to an aromatic ring is 1. The van der Waals surface area contributed by atoms with Gasteiger partial charge in [-0.2, -0.15) is 0 Å². The third-order valence-electron chi connectivity index (χ3n) is 13.6. The molecule has 0 spiro atoms. The SMILES string of the molecule is CCCCP(Cl)(c1ccccc1-c1ccccc1N)(C12CC3CC(CC(C3)C1)C2)C12CC3CC(CC(C3)C1)C2. The Kier molecular flexibility index (Phi) is 5.75. The van der Waals surface area contributed by atoms with Crippen LogP contribution in [0.2, 0.25) is 0 Å². The summed E-state index contributed by atoms with van der Waals surface area (Å²) in [4.78, 5) is 0. The van der Waals surface area contributed by atoms with Crippen LogP contribution in [0.4, 0.5) is 5.69 Å². The summed E-state index contributed by atoms with van der Waals surface area (Å²) < 4.78 is 0. The minimum absolute atomic E-state index is 0.322. The third-order valence-corrected chi connectivity index (χ3v) is 24.4. The van der Waals surface area contributed by atoms with E-state index in [9.17, 15) is 11.2 Å². The van der Waals surface area contributed by atoms with Gasteiger partial charge in [0.1, 0.15) is 0 Å². The van der Waals surface area contributed by atoms with Crippen molar-refractivity contribution in [1.29, 1.82) is 0 Å². The number of halogens is 1. The van der Waals surface area contributed by atoms with Crippen molar-refractivity contribution >= 4 is 28.2 Å². The maximum absolute atomic E-state index is 9.44. The number of para-hydroxylation sites is 1. The van der Waals surface area contributed by atoms with Gasteiger partial charge >= 0.3 is 242 Å². The monoisotopic (exact) mass is 561 g/mol. The van der Waals surface area contributed by atoms with Gasteiger partial charge in [-0.05, 0) is 0 Å². The van der Waals surface area contributed by atoms with Gasteiger partial charge in [0.05, 0.1) is 0 Å². The van der Waals surface area contributed by atoms with E-state index in [1.54, 1.807) is 5.30 Å². The molecule has 39 heavy (non-hydrogen) atoms. The van der Waals surface area contributed by atoms with E-state index in [1.807, 2.05) is 0 Å². The average molecular weight is 562 g/mol. The normalized spacial score (nSPS) is 41.0. The van der Waals surface area contributed by atoms with Crippen LogP contribution in [0.3, 0.4) is 0 Å². The molecule has 10 rings (SSSR count). The zero-order chi connectivity index (χ0) is 26.5. The molecule has 2 aromatic rings. The zero-order valence-corrected chi connectivity index (χ0v) is 25.7. The molecule has 0 amide bonds. The number of nitrogens with two attached hydrogens (primary N) is 1. The van der Waals surface area contributed by atoms with E-state index in [4.69, 9.17) is 5.73 Å². The van der Waals surface area contributed by atoms with E-state index in [0.29, 0.717) is 10.3 Å². The summed E-state index contributed by atoms with van der Waals surface area (Å²) in [6.45, 7) is 2.42. The summed E-state index contributed by atoms with van der Waals surface area (Å²) in [5.74, 6) is 2.43. The Hall–Kier alpha value is -1.04. The second kappa shape index (κ2) is 8.74. The zero-order valence-electron chi connectivity index (χ0n) is 24.1. The molecule has 8 aliphatic carbocycles. The molecule has 0 unspecified atom stereocenters. The fraction of sp³-hybridized carbons (Fsp3) is 0.667. The summed E-state index contributed by atoms with van der Waals surface area (Å²) in [7, 11) is 0. The van der Waals surface area contributed by atoms with Crippen LogP contribution in [0.15, 0.2) is 48.5 Å². The Bertz CT molecular complexity index is 1170. The van der Waals surface area contributed by atoms with Crippen molar-refractivity contribution in [3.8, 4) is 11.1 Å². The molecule has 2 N–H and O–H groups in total. The first-order chi connectivity index (χ1) is 18.9. The van der Waals surface area contributed by atoms with E-state index in [-0.39, 0.29) is 0 Å². The van der Waals surface area contributed by atoms with E-state index in [1.165, 1.54) is 107 Å². The van der Waals surface area contributed by atoms with Crippen LogP contribution in [0.1, 0.15) is 96.8 Å². The fourth-order valence-corrected chi connectivity index (χ4v) is 24.3. The fourth-order valence-electron chi connectivity index (χ4n) is 13.2. The summed E-state index contributed by atoms with van der Waals surface area (Å²) >= 11 is 9.44. The van der Waals surface area contributed by atoms with Crippen molar-refractivity contribution in [2.24, 2.45) is 35.5 Å². The molecule has 8 saturated carbocycles. The van der Waals surface area contributed by atoms with Crippen molar-refractivity contribution in [3.63, 3.8) is 0 Å². The molecule has 0 saturated heterocycles. The first kappa shape index (κ1) is 25.7. The van der Waals surface area contributed by atoms with Crippen molar-refractivity contribution in [3.05, 3.63) is 48.5 Å². The van der Waals surface area contributed by atoms with Crippen molar-refractivity contribution < 1.29 is 0 Å². The van der Waals surface area contributed by atoms with Gasteiger partial charge < -0.3 is 0 Å². The van der Waals surface area contributed by atoms with Crippen LogP contribution in [0.25, 0.3) is 11.1 Å². The molecule has 3 heteroatoms. The number of benzene rings is 2. The summed E-state index contributed by atoms with van der Waals surface area (Å²) in [5.41, 5.74) is 10.3. The van der Waals surface area contributed by atoms with Gasteiger partial charge in [-0.3, -0.25) is 0 Å². The Morgan fingerprint density at radius 2 is 1.08 bits per heavy atom. The molecular formula is C36H49ClNP. The minimum atomic E-state index is -3.07. The van der Waals surface area contributed by atoms with Gasteiger partial charge in [0.25, 0.3) is 0 Å². The van der Waals surface area contributed by atoms with Crippen LogP contribution in [-0.2, 0) is 0 Å². The molecule has 210 valence electrons. The molecule has 8 fully saturated rings. The molecule has 8 bridgehead atoms. The van der Waals surface area contributed by atoms with Gasteiger partial charge in [-0.15, -0.1) is 0 Å². The van der Waals surface area contributed by atoms with E-state index in [2.05, 4.69) is 55.5 Å². The topological polar surface area (TPSA) is 26.0 Å². The molecule has 0 aromatic heterocycles. The quantitative estimate of drug-likeness (QED) is 0.264. The first-order valence-electron chi connectivity index (χ1n) is 16.5. The number of hydrogen-bond donors (Lipinski definition) is 1. The molecule has 0 heterocycles. The van der Waals surface area contributed by atoms with Gasteiger partial charge in [0.15, 0.2) is 0 Å². The van der Waals surface area contributed by atoms with Gasteiger partial charge in [0, 0.05) is 0 Å². The molecule has 0 radical (unpaired) electrons. The predicted molar refractivity (Wildman–Crippen MR) is 170 cm³/mol. The number of rotatable bonds is 7. The Morgan fingerprint density at radius 1 is 0.667 bits per heavy atom. The van der Waals surface area contributed by atoms with Gasteiger partial charge in [0.2, 0.25) is 0 Å². The Labute approximate surface area is 241 Å². The summed E-state index contributed by atoms with van der Waals surface area (Å²) in [6, 6.07) is 18.3. The van der Waals surface area contributed by atoms with Crippen molar-refractivity contribution in [2.75, 3.05) is 11.9 Å². The molecule has 2 aromatic carbocycles. The Morgan fingerprint density at radius 3 is 1.51 bits per heavy atom. The van der Waals surface area contributed by atoms with Gasteiger partial charge in [-0.25, -0.2) is 0 Å². The van der Waals surface area contributed by atoms with Gasteiger partial charge in [-0.1, -0.05) is 0 Å². The van der Waals surface area contributed by atoms with Crippen LogP contribution < -0.4 is 11.0 Å². The first-order valence-corrected chi connectivity index (χ1v) is 19.9. The molecule has 0 atom stereocenters. The predicted octanol–water partition coefficient (Wildman–Crippen LogP) is 10.0. The van der Waals surface area contributed by atoms with E-state index in [0.717, 1.165) is 41.2 Å². The van der Waals surface area contributed by atoms with Crippen molar-refractivity contribution in [2.45, 2.75) is 107 Å². The van der Waals surface area contributed by atoms with Crippen LogP contribution in [-0.4, -0.2) is 16.5 Å². The molecular weight excluding hydrogens is 513 g/mol. The van der Waals surface area contributed by atoms with Crippen LogP contribution in [0.5, 0.6) is 0 Å². The Balaban J connectivity index is 1.46. The summed E-state index contributed by atoms with van der Waals surface area (Å²) in [6.07, 6.45) is 21.3. The van der Waals surface area contributed by atoms with E-state index < -0.39 is 5.96 Å². The van der Waals surface area contributed by atoms with Crippen LogP contribution >= 0.6 is 17.2 Å². The third kappa shape index (κ3) is 3.30. The number of unbranched alkanes of at least 4 members (excludes halogenated alkanes) is 1. The summed E-state index contributed by atoms with van der Waals surface area (Å²) in [5, 5.41) is 2.26. The molecule has 0 aliphatic heterocycles. The molecule has 8 aliphatic rings. The maximum atomic E-state index is 9.44. The van der Waals surface area contributed by atoms with Crippen molar-refractivity contribution in [1.82, 2.24) is 0 Å². The average Bonchev–Trinajstić information content (AvgIpc) is 2.90. The van der Waals surface area contributed by atoms with Crippen LogP contribution in [0, 0.1) is 35.5 Å². The second-order valence-electron chi connectivity index (χ2n) is 15.6. The van der Waals surface area contributed by atoms with E-state index >= 15 is 0 Å². The number of anilines is 1. The standard InChI is InChI=1S/C36H49ClNP/c1-2-3-12-39(37,35-19-25-13-26(20-35)15-27(14-25)21-35,36-22-28-16-29(23-36)18-30(17-28)24-36)34-11-7-5-9-32(34)31-8-4-6-10-33(31)38/h4-11,25-30H,2-3,12-24,38H2,1H3.